The predicted octanol–water partition coefficient (Wildman–Crippen LogP) is 3.19. The first kappa shape index (κ1) is 14.0. The van der Waals surface area contributed by atoms with Crippen LogP contribution in [0.15, 0.2) is 16.7 Å². The zero-order chi connectivity index (χ0) is 13.1. The molecule has 0 radical (unpaired) electrons. The van der Waals surface area contributed by atoms with Crippen molar-refractivity contribution in [2.24, 2.45) is 7.05 Å². The van der Waals surface area contributed by atoms with Gasteiger partial charge in [0.15, 0.2) is 0 Å². The number of thioether (sulfide) groups is 1. The number of nitrogens with zero attached hydrogens (tertiary/aromatic N) is 1. The maximum Gasteiger partial charge on any atom is 0.268 e. The molecule has 1 N–H and O–H groups in total. The molecule has 2 rings (SSSR count). The van der Waals surface area contributed by atoms with E-state index in [1.807, 2.05) is 35.6 Å². The molecule has 0 unspecified atom stereocenters. The van der Waals surface area contributed by atoms with E-state index in [4.69, 9.17) is 0 Å². The van der Waals surface area contributed by atoms with Crippen LogP contribution >= 0.6 is 27.7 Å². The van der Waals surface area contributed by atoms with E-state index >= 15 is 0 Å². The van der Waals surface area contributed by atoms with E-state index in [0.717, 1.165) is 22.6 Å². The zero-order valence-electron chi connectivity index (χ0n) is 10.8. The van der Waals surface area contributed by atoms with Gasteiger partial charge >= 0.3 is 0 Å². The second-order valence-electron chi connectivity index (χ2n) is 4.84. The second-order valence-corrected chi connectivity index (χ2v) is 6.89. The van der Waals surface area contributed by atoms with E-state index in [1.54, 1.807) is 0 Å². The molecule has 1 fully saturated rings. The minimum Gasteiger partial charge on any atom is -0.348 e. The summed E-state index contributed by atoms with van der Waals surface area (Å²) in [7, 11) is 1.89. The number of hydrogen-bond acceptors (Lipinski definition) is 2. The van der Waals surface area contributed by atoms with Crippen LogP contribution in [0.3, 0.4) is 0 Å². The Hall–Kier alpha value is -0.420. The smallest absolute Gasteiger partial charge is 0.268 e. The molecule has 0 atom stereocenters. The highest BCUT2D eigenvalue weighted by Gasteiger charge is 2.22. The minimum absolute atomic E-state index is 0.0378. The van der Waals surface area contributed by atoms with E-state index in [1.165, 1.54) is 12.8 Å². The molecule has 1 aromatic heterocycles. The van der Waals surface area contributed by atoms with Crippen LogP contribution in [0.5, 0.6) is 0 Å². The summed E-state index contributed by atoms with van der Waals surface area (Å²) < 4.78 is 2.80. The molecule has 1 aliphatic carbocycles. The molecule has 18 heavy (non-hydrogen) atoms. The molecule has 1 aromatic rings. The van der Waals surface area contributed by atoms with Gasteiger partial charge in [-0.05, 0) is 53.9 Å². The standard InChI is InChI=1S/C13H19BrN2OS/c1-16-8-9(14)7-12(16)13(17)15-10-3-5-11(18-2)6-4-10/h7-8,10-11H,3-6H2,1-2H3,(H,15,17). The normalized spacial score (nSPS) is 23.9. The molecule has 0 bridgehead atoms. The van der Waals surface area contributed by atoms with Gasteiger partial charge in [-0.2, -0.15) is 11.8 Å². The largest absolute Gasteiger partial charge is 0.348 e. The summed E-state index contributed by atoms with van der Waals surface area (Å²) in [6, 6.07) is 2.21. The van der Waals surface area contributed by atoms with Crippen LogP contribution in [0.25, 0.3) is 0 Å². The Bertz CT molecular complexity index is 425. The van der Waals surface area contributed by atoms with Crippen LogP contribution in [0, 0.1) is 0 Å². The number of amides is 1. The van der Waals surface area contributed by atoms with Crippen LogP contribution in [0.4, 0.5) is 0 Å². The molecule has 0 aliphatic heterocycles. The lowest BCUT2D eigenvalue weighted by atomic mass is 9.95. The molecule has 1 saturated carbocycles. The van der Waals surface area contributed by atoms with Crippen LogP contribution < -0.4 is 5.32 Å². The molecule has 5 heteroatoms. The van der Waals surface area contributed by atoms with Gasteiger partial charge in [0.2, 0.25) is 0 Å². The van der Waals surface area contributed by atoms with Crippen LogP contribution in [-0.4, -0.2) is 28.0 Å². The van der Waals surface area contributed by atoms with Crippen molar-refractivity contribution in [2.75, 3.05) is 6.26 Å². The zero-order valence-corrected chi connectivity index (χ0v) is 13.2. The van der Waals surface area contributed by atoms with Crippen LogP contribution in [0.1, 0.15) is 36.2 Å². The van der Waals surface area contributed by atoms with Crippen LogP contribution in [-0.2, 0) is 7.05 Å². The maximum absolute atomic E-state index is 12.1. The fourth-order valence-corrected chi connectivity index (χ4v) is 3.72. The Kier molecular flexibility index (Phi) is 4.78. The predicted molar refractivity (Wildman–Crippen MR) is 80.1 cm³/mol. The third-order valence-electron chi connectivity index (χ3n) is 3.55. The summed E-state index contributed by atoms with van der Waals surface area (Å²) in [4.78, 5) is 12.1. The van der Waals surface area contributed by atoms with Gasteiger partial charge < -0.3 is 9.88 Å². The summed E-state index contributed by atoms with van der Waals surface area (Å²) >= 11 is 5.34. The van der Waals surface area contributed by atoms with Crippen molar-refractivity contribution in [3.8, 4) is 0 Å². The number of halogens is 1. The third-order valence-corrected chi connectivity index (χ3v) is 5.12. The first-order valence-corrected chi connectivity index (χ1v) is 8.33. The average molecular weight is 331 g/mol. The molecule has 1 aliphatic rings. The van der Waals surface area contributed by atoms with E-state index in [2.05, 4.69) is 27.5 Å². The topological polar surface area (TPSA) is 34.0 Å². The van der Waals surface area contributed by atoms with Gasteiger partial charge in [0.05, 0.1) is 0 Å². The minimum atomic E-state index is 0.0378. The summed E-state index contributed by atoms with van der Waals surface area (Å²) in [5.74, 6) is 0.0378. The van der Waals surface area contributed by atoms with Gasteiger partial charge in [0.25, 0.3) is 5.91 Å². The molecule has 0 aromatic carbocycles. The molecule has 1 heterocycles. The Labute approximate surface area is 121 Å². The lowest BCUT2D eigenvalue weighted by Gasteiger charge is -2.28. The average Bonchev–Trinajstić information content (AvgIpc) is 2.69. The highest BCUT2D eigenvalue weighted by Crippen LogP contribution is 2.27. The first-order chi connectivity index (χ1) is 8.60. The molecular weight excluding hydrogens is 312 g/mol. The summed E-state index contributed by atoms with van der Waals surface area (Å²) in [5, 5.41) is 3.92. The maximum atomic E-state index is 12.1. The van der Waals surface area contributed by atoms with Gasteiger partial charge in [-0.3, -0.25) is 4.79 Å². The van der Waals surface area contributed by atoms with Crippen molar-refractivity contribution in [1.82, 2.24) is 9.88 Å². The summed E-state index contributed by atoms with van der Waals surface area (Å²) in [5.41, 5.74) is 0.717. The van der Waals surface area contributed by atoms with E-state index in [-0.39, 0.29) is 5.91 Å². The fraction of sp³-hybridized carbons (Fsp3) is 0.615. The number of carbonyl (C=O) groups excluding carboxylic acids is 1. The number of rotatable bonds is 3. The summed E-state index contributed by atoms with van der Waals surface area (Å²) in [6.07, 6.45) is 8.70. The number of aromatic nitrogens is 1. The highest BCUT2D eigenvalue weighted by molar-refractivity contribution is 9.10. The van der Waals surface area contributed by atoms with E-state index in [9.17, 15) is 4.79 Å². The third kappa shape index (κ3) is 3.32. The van der Waals surface area contributed by atoms with Crippen molar-refractivity contribution in [2.45, 2.75) is 37.0 Å². The van der Waals surface area contributed by atoms with Crippen molar-refractivity contribution in [3.05, 3.63) is 22.4 Å². The van der Waals surface area contributed by atoms with Gasteiger partial charge in [-0.1, -0.05) is 0 Å². The Morgan fingerprint density at radius 2 is 2.11 bits per heavy atom. The second kappa shape index (κ2) is 6.15. The number of aryl methyl sites for hydroxylation is 1. The van der Waals surface area contributed by atoms with E-state index < -0.39 is 0 Å². The van der Waals surface area contributed by atoms with Crippen LogP contribution in [0.2, 0.25) is 0 Å². The highest BCUT2D eigenvalue weighted by atomic mass is 79.9. The Morgan fingerprint density at radius 1 is 1.44 bits per heavy atom. The Balaban J connectivity index is 1.90. The monoisotopic (exact) mass is 330 g/mol. The van der Waals surface area contributed by atoms with Crippen molar-refractivity contribution in [1.29, 1.82) is 0 Å². The summed E-state index contributed by atoms with van der Waals surface area (Å²) in [6.45, 7) is 0. The van der Waals surface area contributed by atoms with Crippen molar-refractivity contribution in [3.63, 3.8) is 0 Å². The Morgan fingerprint density at radius 3 is 2.61 bits per heavy atom. The molecule has 0 saturated heterocycles. The molecule has 3 nitrogen and oxygen atoms in total. The van der Waals surface area contributed by atoms with Crippen molar-refractivity contribution >= 4 is 33.6 Å². The lowest BCUT2D eigenvalue weighted by Crippen LogP contribution is -2.38. The van der Waals surface area contributed by atoms with Gasteiger partial charge in [0.1, 0.15) is 5.69 Å². The SMILES string of the molecule is CSC1CCC(NC(=O)c2cc(Br)cn2C)CC1. The van der Waals surface area contributed by atoms with Crippen molar-refractivity contribution < 1.29 is 4.79 Å². The van der Waals surface area contributed by atoms with Gasteiger partial charge in [-0.25, -0.2) is 0 Å². The molecule has 0 spiro atoms. The fourth-order valence-electron chi connectivity index (χ4n) is 2.45. The quantitative estimate of drug-likeness (QED) is 0.923. The number of hydrogen-bond donors (Lipinski definition) is 1. The molecule has 1 amide bonds. The number of carbonyl (C=O) groups is 1. The van der Waals surface area contributed by atoms with Gasteiger partial charge in [-0.15, -0.1) is 0 Å². The van der Waals surface area contributed by atoms with E-state index in [0.29, 0.717) is 11.7 Å². The van der Waals surface area contributed by atoms with Gasteiger partial charge in [0, 0.05) is 29.0 Å². The first-order valence-electron chi connectivity index (χ1n) is 6.25. The lowest BCUT2D eigenvalue weighted by molar-refractivity contribution is 0.0920. The number of nitrogens with one attached hydrogen (secondary N) is 1. The molecular formula is C13H19BrN2OS. The molecule has 100 valence electrons.